The van der Waals surface area contributed by atoms with Crippen LogP contribution in [0, 0.1) is 16.7 Å². The Morgan fingerprint density at radius 1 is 1.43 bits per heavy atom. The Morgan fingerprint density at radius 3 is 2.57 bits per heavy atom. The van der Waals surface area contributed by atoms with Gasteiger partial charge in [-0.05, 0) is 36.0 Å². The maximum absolute atomic E-state index is 3.78. The normalized spacial score (nSPS) is 44.2. The van der Waals surface area contributed by atoms with E-state index in [1.54, 1.807) is 0 Å². The molecule has 2 rings (SSSR count). The number of hydrogen-bond acceptors (Lipinski definition) is 1. The summed E-state index contributed by atoms with van der Waals surface area (Å²) in [4.78, 5) is 0. The van der Waals surface area contributed by atoms with E-state index in [1.165, 1.54) is 19.3 Å². The van der Waals surface area contributed by atoms with Crippen molar-refractivity contribution in [3.05, 3.63) is 12.7 Å². The van der Waals surface area contributed by atoms with Crippen LogP contribution in [0.2, 0.25) is 0 Å². The largest absolute Gasteiger partial charge is 0.310 e. The van der Waals surface area contributed by atoms with E-state index in [1.807, 2.05) is 6.08 Å². The second kappa shape index (κ2) is 3.10. The first kappa shape index (κ1) is 10.2. The third-order valence-electron chi connectivity index (χ3n) is 5.30. The molecule has 0 aromatic rings. The van der Waals surface area contributed by atoms with Crippen LogP contribution in [0.4, 0.5) is 0 Å². The Bertz CT molecular complexity index is 244. The van der Waals surface area contributed by atoms with Gasteiger partial charge in [0.2, 0.25) is 0 Å². The molecule has 0 spiro atoms. The molecule has 0 saturated heterocycles. The van der Waals surface area contributed by atoms with Crippen molar-refractivity contribution in [1.82, 2.24) is 5.32 Å². The Kier molecular flexibility index (Phi) is 2.26. The molecule has 0 aliphatic heterocycles. The molecular formula is C13H23N. The van der Waals surface area contributed by atoms with Crippen LogP contribution in [0.3, 0.4) is 0 Å². The molecule has 2 aliphatic rings. The smallest absolute Gasteiger partial charge is 0.0135 e. The molecule has 2 bridgehead atoms. The summed E-state index contributed by atoms with van der Waals surface area (Å²) in [5, 5.41) is 3.64. The minimum atomic E-state index is 0.515. The van der Waals surface area contributed by atoms with Crippen molar-refractivity contribution in [2.45, 2.75) is 46.1 Å². The summed E-state index contributed by atoms with van der Waals surface area (Å²) in [5.74, 6) is 0.940. The zero-order valence-corrected chi connectivity index (χ0v) is 9.77. The highest BCUT2D eigenvalue weighted by Gasteiger charge is 2.60. The van der Waals surface area contributed by atoms with Crippen LogP contribution in [0.5, 0.6) is 0 Å². The van der Waals surface area contributed by atoms with Gasteiger partial charge in [0.25, 0.3) is 0 Å². The summed E-state index contributed by atoms with van der Waals surface area (Å²) in [7, 11) is 0. The van der Waals surface area contributed by atoms with Gasteiger partial charge in [-0.3, -0.25) is 0 Å². The number of fused-ring (bicyclic) bond motifs is 2. The van der Waals surface area contributed by atoms with Crippen LogP contribution in [0.1, 0.15) is 40.0 Å². The van der Waals surface area contributed by atoms with Crippen LogP contribution in [0.15, 0.2) is 12.7 Å². The highest BCUT2D eigenvalue weighted by molar-refractivity contribution is 5.13. The fourth-order valence-electron chi connectivity index (χ4n) is 3.74. The number of rotatable bonds is 3. The molecule has 1 N–H and O–H groups in total. The third-order valence-corrected chi connectivity index (χ3v) is 5.30. The lowest BCUT2D eigenvalue weighted by Crippen LogP contribution is -2.44. The van der Waals surface area contributed by atoms with Crippen molar-refractivity contribution in [2.75, 3.05) is 6.54 Å². The number of nitrogens with one attached hydrogen (secondary N) is 1. The van der Waals surface area contributed by atoms with Crippen LogP contribution < -0.4 is 5.32 Å². The fraction of sp³-hybridized carbons (Fsp3) is 0.846. The van der Waals surface area contributed by atoms with E-state index in [4.69, 9.17) is 0 Å². The van der Waals surface area contributed by atoms with Gasteiger partial charge in [-0.15, -0.1) is 6.58 Å². The van der Waals surface area contributed by atoms with E-state index < -0.39 is 0 Å². The van der Waals surface area contributed by atoms with E-state index in [0.717, 1.165) is 12.5 Å². The molecule has 0 amide bonds. The van der Waals surface area contributed by atoms with Crippen molar-refractivity contribution in [1.29, 1.82) is 0 Å². The van der Waals surface area contributed by atoms with Crippen LogP contribution in [0.25, 0.3) is 0 Å². The average molecular weight is 193 g/mol. The molecule has 3 atom stereocenters. The monoisotopic (exact) mass is 193 g/mol. The molecule has 1 heteroatoms. The van der Waals surface area contributed by atoms with Crippen LogP contribution in [-0.4, -0.2) is 12.6 Å². The second-order valence-electron chi connectivity index (χ2n) is 5.86. The van der Waals surface area contributed by atoms with Crippen molar-refractivity contribution >= 4 is 0 Å². The van der Waals surface area contributed by atoms with E-state index >= 15 is 0 Å². The lowest BCUT2D eigenvalue weighted by molar-refractivity contribution is 0.123. The molecule has 0 aromatic heterocycles. The minimum Gasteiger partial charge on any atom is -0.310 e. The van der Waals surface area contributed by atoms with Crippen molar-refractivity contribution in [3.63, 3.8) is 0 Å². The molecule has 14 heavy (non-hydrogen) atoms. The molecule has 0 radical (unpaired) electrons. The standard InChI is InChI=1S/C13H23N/c1-5-8-14-11-9-10-6-7-13(11,4)12(10,2)3/h5,10-11,14H,1,6-9H2,2-4H3/t10-,11-,13-/m1/s1. The lowest BCUT2D eigenvalue weighted by atomic mass is 9.69. The minimum absolute atomic E-state index is 0.515. The van der Waals surface area contributed by atoms with Crippen molar-refractivity contribution in [3.8, 4) is 0 Å². The van der Waals surface area contributed by atoms with Crippen molar-refractivity contribution in [2.24, 2.45) is 16.7 Å². The van der Waals surface area contributed by atoms with E-state index in [0.29, 0.717) is 16.9 Å². The van der Waals surface area contributed by atoms with E-state index in [9.17, 15) is 0 Å². The van der Waals surface area contributed by atoms with Gasteiger partial charge in [0.05, 0.1) is 0 Å². The van der Waals surface area contributed by atoms with Crippen molar-refractivity contribution < 1.29 is 0 Å². The van der Waals surface area contributed by atoms with Gasteiger partial charge in [0.1, 0.15) is 0 Å². The highest BCUT2D eigenvalue weighted by atomic mass is 15.0. The summed E-state index contributed by atoms with van der Waals surface area (Å²) in [6, 6.07) is 0.717. The van der Waals surface area contributed by atoms with Crippen LogP contribution in [-0.2, 0) is 0 Å². The SMILES string of the molecule is C=CCN[C@@H]1C[C@H]2CC[C@@]1(C)C2(C)C. The number of hydrogen-bond donors (Lipinski definition) is 1. The average Bonchev–Trinajstić information content (AvgIpc) is 2.46. The predicted molar refractivity (Wildman–Crippen MR) is 61.2 cm³/mol. The first-order valence-corrected chi connectivity index (χ1v) is 5.86. The summed E-state index contributed by atoms with van der Waals surface area (Å²) in [6.07, 6.45) is 6.19. The highest BCUT2D eigenvalue weighted by Crippen LogP contribution is 2.65. The van der Waals surface area contributed by atoms with E-state index in [2.05, 4.69) is 32.7 Å². The van der Waals surface area contributed by atoms with Gasteiger partial charge >= 0.3 is 0 Å². The molecule has 2 saturated carbocycles. The Morgan fingerprint density at radius 2 is 2.14 bits per heavy atom. The Balaban J connectivity index is 2.14. The third kappa shape index (κ3) is 1.11. The van der Waals surface area contributed by atoms with E-state index in [-0.39, 0.29) is 0 Å². The van der Waals surface area contributed by atoms with Gasteiger partial charge < -0.3 is 5.32 Å². The van der Waals surface area contributed by atoms with Gasteiger partial charge in [-0.25, -0.2) is 0 Å². The maximum Gasteiger partial charge on any atom is 0.0135 e. The molecule has 0 aromatic carbocycles. The van der Waals surface area contributed by atoms with Gasteiger partial charge in [0.15, 0.2) is 0 Å². The maximum atomic E-state index is 3.78. The Labute approximate surface area is 88.0 Å². The summed E-state index contributed by atoms with van der Waals surface area (Å²) in [5.41, 5.74) is 1.05. The summed E-state index contributed by atoms with van der Waals surface area (Å²) >= 11 is 0. The second-order valence-corrected chi connectivity index (χ2v) is 5.86. The first-order valence-electron chi connectivity index (χ1n) is 5.86. The predicted octanol–water partition coefficient (Wildman–Crippen LogP) is 2.98. The zero-order chi connectivity index (χ0) is 10.4. The molecule has 2 aliphatic carbocycles. The van der Waals surface area contributed by atoms with Gasteiger partial charge in [-0.2, -0.15) is 0 Å². The summed E-state index contributed by atoms with van der Waals surface area (Å²) < 4.78 is 0. The molecule has 0 heterocycles. The van der Waals surface area contributed by atoms with Gasteiger partial charge in [0, 0.05) is 12.6 Å². The Hall–Kier alpha value is -0.300. The summed E-state index contributed by atoms with van der Waals surface area (Å²) in [6.45, 7) is 12.1. The fourth-order valence-corrected chi connectivity index (χ4v) is 3.74. The lowest BCUT2D eigenvalue weighted by Gasteiger charge is -2.39. The zero-order valence-electron chi connectivity index (χ0n) is 9.77. The molecule has 1 nitrogen and oxygen atoms in total. The molecular weight excluding hydrogens is 170 g/mol. The molecule has 80 valence electrons. The van der Waals surface area contributed by atoms with Crippen LogP contribution >= 0.6 is 0 Å². The molecule has 2 fully saturated rings. The first-order chi connectivity index (χ1) is 6.52. The van der Waals surface area contributed by atoms with Gasteiger partial charge in [-0.1, -0.05) is 26.8 Å². The quantitative estimate of drug-likeness (QED) is 0.679. The molecule has 0 unspecified atom stereocenters. The topological polar surface area (TPSA) is 12.0 Å².